The first-order valence-corrected chi connectivity index (χ1v) is 19.1. The number of rotatable bonds is 26. The summed E-state index contributed by atoms with van der Waals surface area (Å²) in [6, 6.07) is 18.4. The van der Waals surface area contributed by atoms with Crippen LogP contribution in [-0.2, 0) is 89.1 Å². The molecule has 1 aromatic carbocycles. The van der Waals surface area contributed by atoms with Crippen LogP contribution in [0, 0.1) is 20.0 Å². The van der Waals surface area contributed by atoms with Crippen molar-refractivity contribution in [3.8, 4) is 0 Å². The molecule has 1 unspecified atom stereocenters. The number of carbonyl (C=O) groups is 3. The van der Waals surface area contributed by atoms with Gasteiger partial charge in [0.1, 0.15) is 0 Å². The van der Waals surface area contributed by atoms with Crippen LogP contribution in [0.3, 0.4) is 0 Å². The number of aliphatic carboxylic acids is 1. The van der Waals surface area contributed by atoms with Crippen LogP contribution in [0.1, 0.15) is 55.5 Å². The molecule has 2 heterocycles. The van der Waals surface area contributed by atoms with E-state index in [9.17, 15) is 28.3 Å². The Hall–Kier alpha value is -4.82. The predicted molar refractivity (Wildman–Crippen MR) is 209 cm³/mol. The van der Waals surface area contributed by atoms with Crippen LogP contribution in [0.4, 0.5) is 5.69 Å². The maximum atomic E-state index is 12.7. The Balaban J connectivity index is -0.00000301. The number of carboxylic acid groups (broad SMARTS) is 1. The number of carbonyl (C=O) groups excluding carboxylic acids is 4. The smallest absolute Gasteiger partial charge is 0 e. The van der Waals surface area contributed by atoms with E-state index in [0.29, 0.717) is 30.9 Å². The molecular formula is C40H50N7O11ReS-. The van der Waals surface area contributed by atoms with E-state index in [-0.39, 0.29) is 64.3 Å². The molecule has 0 spiro atoms. The molecule has 0 bridgehead atoms. The third-order valence-electron chi connectivity index (χ3n) is 7.97. The van der Waals surface area contributed by atoms with Crippen LogP contribution in [-0.4, -0.2) is 115 Å². The molecule has 1 amide bonds. The molecule has 0 saturated heterocycles. The number of benzene rings is 1. The number of anilines is 1. The monoisotopic (exact) mass is 1020 g/mol. The van der Waals surface area contributed by atoms with E-state index in [2.05, 4.69) is 57.0 Å². The normalized spacial score (nSPS) is 10.2. The van der Waals surface area contributed by atoms with Crippen molar-refractivity contribution in [2.24, 2.45) is 0 Å². The van der Waals surface area contributed by atoms with E-state index in [0.717, 1.165) is 69.5 Å². The molecule has 3 aromatic rings. The van der Waals surface area contributed by atoms with Gasteiger partial charge in [-0.25, -0.2) is 0 Å². The van der Waals surface area contributed by atoms with Gasteiger partial charge < -0.3 is 19.7 Å². The van der Waals surface area contributed by atoms with Crippen LogP contribution in [0.15, 0.2) is 73.1 Å². The molecule has 0 fully saturated rings. The van der Waals surface area contributed by atoms with Crippen molar-refractivity contribution in [1.82, 2.24) is 30.0 Å². The van der Waals surface area contributed by atoms with E-state index >= 15 is 0 Å². The molecule has 0 saturated carbocycles. The van der Waals surface area contributed by atoms with Crippen LogP contribution < -0.4 is 10.0 Å². The number of amides is 1. The summed E-state index contributed by atoms with van der Waals surface area (Å²) in [7, 11) is 1.79. The summed E-state index contributed by atoms with van der Waals surface area (Å²) in [5.74, 6) is -1.29. The molecule has 1 atom stereocenters. The molecule has 0 aliphatic heterocycles. The minimum absolute atomic E-state index is 0. The van der Waals surface area contributed by atoms with Gasteiger partial charge in [0.05, 0.1) is 31.0 Å². The largest absolute Gasteiger partial charge is 0 e. The van der Waals surface area contributed by atoms with Crippen molar-refractivity contribution in [1.29, 1.82) is 0 Å². The summed E-state index contributed by atoms with van der Waals surface area (Å²) < 4.78 is 46.3. The van der Waals surface area contributed by atoms with Crippen molar-refractivity contribution < 1.29 is 72.2 Å². The Morgan fingerprint density at radius 2 is 1.27 bits per heavy atom. The molecule has 1 radical (unpaired) electrons. The molecule has 325 valence electrons. The molecule has 0 aliphatic carbocycles. The van der Waals surface area contributed by atoms with Gasteiger partial charge in [-0.1, -0.05) is 49.9 Å². The van der Waals surface area contributed by atoms with Gasteiger partial charge >= 0.3 is 46.0 Å². The Kier molecular flexibility index (Phi) is 40.6. The van der Waals surface area contributed by atoms with Crippen molar-refractivity contribution in [2.75, 3.05) is 57.6 Å². The van der Waals surface area contributed by atoms with Gasteiger partial charge in [0.25, 0.3) is 0 Å². The summed E-state index contributed by atoms with van der Waals surface area (Å²) in [6.45, 7) is 17.2. The van der Waals surface area contributed by atoms with E-state index in [1.165, 1.54) is 0 Å². The number of unbranched alkanes of at least 4 members (excludes halogenated alkanes) is 5. The molecule has 20 heteroatoms. The molecule has 60 heavy (non-hydrogen) atoms. The zero-order valence-electron chi connectivity index (χ0n) is 33.3. The first-order valence-electron chi connectivity index (χ1n) is 18.1. The number of hydrogen-bond donors (Lipinski definition) is 3. The minimum Gasteiger partial charge on any atom is 0 e. The van der Waals surface area contributed by atoms with Gasteiger partial charge in [-0.15, -0.1) is 0 Å². The SMILES string of the molecule is CN(CCN(CC(=O)O)CC(=O)Cc1ccc(NS(=O)[O-])cc1)CC(=O)NCCCCCCCCN(Cc1ccccn1)Cc1ccccn1.O=C=O.[C-]#[O+].[C-]#[O+].[C-]#[O+].[Re]. The predicted octanol–water partition coefficient (Wildman–Crippen LogP) is 2.57. The molecule has 18 nitrogen and oxygen atoms in total. The number of Topliss-reactive ketones (excluding diaryl/α,β-unsaturated/α-hetero) is 1. The summed E-state index contributed by atoms with van der Waals surface area (Å²) in [5, 5.41) is 12.3. The Labute approximate surface area is 367 Å². The molecular weight excluding hydrogens is 973 g/mol. The number of aromatic nitrogens is 2. The first kappa shape index (κ1) is 59.5. The average Bonchev–Trinajstić information content (AvgIpc) is 3.23. The number of nitrogens with one attached hydrogen (secondary N) is 2. The van der Waals surface area contributed by atoms with Crippen LogP contribution in [0.25, 0.3) is 0 Å². The van der Waals surface area contributed by atoms with Crippen LogP contribution in [0.2, 0.25) is 0 Å². The second kappa shape index (κ2) is 40.9. The number of pyridine rings is 2. The number of hydrogen-bond acceptors (Lipinski definition) is 12. The molecule has 2 aromatic heterocycles. The fraction of sp³-hybridized carbons (Fsp3) is 0.425. The Morgan fingerprint density at radius 3 is 1.75 bits per heavy atom. The Bertz CT molecular complexity index is 1640. The second-order valence-electron chi connectivity index (χ2n) is 12.5. The van der Waals surface area contributed by atoms with Crippen molar-refractivity contribution in [2.45, 2.75) is 58.0 Å². The number of nitrogens with zero attached hydrogens (tertiary/aromatic N) is 5. The zero-order chi connectivity index (χ0) is 44.7. The van der Waals surface area contributed by atoms with Crippen LogP contribution in [0.5, 0.6) is 0 Å². The van der Waals surface area contributed by atoms with E-state index < -0.39 is 17.2 Å². The standard InChI is InChI=1S/C36H51N7O6S.CO2.3CO.Re/c1-41(22-23-43(29-36(46)47)27-34(44)24-30-14-16-31(17-15-30)40-50(48)49)28-35(45)39-20-8-4-2-3-5-11-21-42(25-32-12-6-9-18-37-32)26-33-13-7-10-19-38-33;2-1-3;3*1-2;/h6-7,9-10,12-19,40H,2-5,8,11,20-29H2,1H3,(H,39,45)(H,46,47)(H,48,49);;;;;/p-1. The van der Waals surface area contributed by atoms with Crippen molar-refractivity contribution in [3.05, 3.63) is 110 Å². The van der Waals surface area contributed by atoms with Gasteiger partial charge in [-0.3, -0.25) is 43.3 Å². The van der Waals surface area contributed by atoms with Crippen molar-refractivity contribution in [3.63, 3.8) is 0 Å². The van der Waals surface area contributed by atoms with Gasteiger partial charge in [-0.05, 0) is 68.4 Å². The number of likely N-dealkylation sites (N-methyl/N-ethyl adjacent to an activating group) is 1. The van der Waals surface area contributed by atoms with E-state index in [4.69, 9.17) is 23.5 Å². The van der Waals surface area contributed by atoms with Gasteiger partial charge in [0.2, 0.25) is 5.91 Å². The Morgan fingerprint density at radius 1 is 0.750 bits per heavy atom. The fourth-order valence-electron chi connectivity index (χ4n) is 5.47. The zero-order valence-corrected chi connectivity index (χ0v) is 36.8. The number of carboxylic acids is 1. The molecule has 0 aliphatic rings. The second-order valence-corrected chi connectivity index (χ2v) is 13.2. The van der Waals surface area contributed by atoms with Gasteiger partial charge in [-0.2, -0.15) is 9.59 Å². The third kappa shape index (κ3) is 33.1. The quantitative estimate of drug-likeness (QED) is 0.0453. The third-order valence-corrected chi connectivity index (χ3v) is 8.38. The summed E-state index contributed by atoms with van der Waals surface area (Å²) >= 11 is -2.43. The van der Waals surface area contributed by atoms with Crippen LogP contribution >= 0.6 is 0 Å². The number of ketones is 1. The van der Waals surface area contributed by atoms with E-state index in [1.807, 2.05) is 41.6 Å². The minimum atomic E-state index is -2.43. The van der Waals surface area contributed by atoms with Gasteiger partial charge in [0.15, 0.2) is 5.78 Å². The maximum Gasteiger partial charge on any atom is 0 e. The van der Waals surface area contributed by atoms with E-state index in [1.54, 1.807) is 36.2 Å². The fourth-order valence-corrected chi connectivity index (χ4v) is 5.80. The molecule has 3 rings (SSSR count). The van der Waals surface area contributed by atoms with Crippen molar-refractivity contribution >= 4 is 40.8 Å². The maximum absolute atomic E-state index is 12.7. The summed E-state index contributed by atoms with van der Waals surface area (Å²) in [4.78, 5) is 67.5. The topological polar surface area (TPSA) is 265 Å². The summed E-state index contributed by atoms with van der Waals surface area (Å²) in [5.41, 5.74) is 3.18. The first-order chi connectivity index (χ1) is 28.6. The molecule has 3 N–H and O–H groups in total. The average molecular weight is 1020 g/mol. The van der Waals surface area contributed by atoms with Gasteiger partial charge in [0, 0.05) is 88.9 Å². The summed E-state index contributed by atoms with van der Waals surface area (Å²) in [6.07, 6.45) is 10.4.